The van der Waals surface area contributed by atoms with Crippen LogP contribution in [0.1, 0.15) is 68.5 Å². The number of hydrogen-bond donors (Lipinski definition) is 1. The van der Waals surface area contributed by atoms with E-state index >= 15 is 0 Å². The number of aliphatic hydroxyl groups excluding tert-OH is 1. The highest BCUT2D eigenvalue weighted by Crippen LogP contribution is 2.41. The molecule has 2 aliphatic rings. The summed E-state index contributed by atoms with van der Waals surface area (Å²) in [7, 11) is 1.96. The molecule has 0 bridgehead atoms. The fourth-order valence-electron chi connectivity index (χ4n) is 6.23. The van der Waals surface area contributed by atoms with Crippen LogP contribution in [0.5, 0.6) is 0 Å². The minimum atomic E-state index is -0.981. The minimum absolute atomic E-state index is 0.117. The number of amides is 1. The van der Waals surface area contributed by atoms with E-state index in [1.165, 1.54) is 6.07 Å². The molecule has 4 aromatic rings. The Morgan fingerprint density at radius 3 is 2.50 bits per heavy atom. The molecule has 9 heteroatoms. The maximum atomic E-state index is 14.2. The number of benzene rings is 2. The first-order valence-corrected chi connectivity index (χ1v) is 13.3. The van der Waals surface area contributed by atoms with E-state index in [1.807, 2.05) is 18.5 Å². The van der Waals surface area contributed by atoms with Crippen LogP contribution in [0.4, 0.5) is 14.5 Å². The number of halogens is 2. The maximum absolute atomic E-state index is 14.2. The summed E-state index contributed by atoms with van der Waals surface area (Å²) in [4.78, 5) is 24.4. The largest absolute Gasteiger partial charge is 0.393 e. The number of hydrogen-bond acceptors (Lipinski definition) is 4. The molecule has 1 aliphatic carbocycles. The molecule has 0 spiro atoms. The van der Waals surface area contributed by atoms with Gasteiger partial charge in [-0.05, 0) is 69.7 Å². The van der Waals surface area contributed by atoms with Crippen LogP contribution in [-0.2, 0) is 11.8 Å². The van der Waals surface area contributed by atoms with Crippen molar-refractivity contribution in [1.82, 2.24) is 19.1 Å². The fraction of sp³-hybridized carbons (Fsp3) is 0.414. The fourth-order valence-corrected chi connectivity index (χ4v) is 6.23. The second kappa shape index (κ2) is 9.62. The molecule has 0 unspecified atom stereocenters. The third-order valence-corrected chi connectivity index (χ3v) is 8.07. The van der Waals surface area contributed by atoms with Gasteiger partial charge in [0, 0.05) is 36.8 Å². The van der Waals surface area contributed by atoms with Gasteiger partial charge in [0.25, 0.3) is 0 Å². The van der Waals surface area contributed by atoms with Crippen molar-refractivity contribution in [2.75, 3.05) is 4.90 Å². The lowest BCUT2D eigenvalue weighted by Crippen LogP contribution is -2.40. The van der Waals surface area contributed by atoms with Crippen molar-refractivity contribution >= 4 is 22.6 Å². The van der Waals surface area contributed by atoms with Crippen LogP contribution in [0.3, 0.4) is 0 Å². The summed E-state index contributed by atoms with van der Waals surface area (Å²) >= 11 is 0. The number of anilines is 1. The van der Waals surface area contributed by atoms with E-state index in [0.717, 1.165) is 58.8 Å². The van der Waals surface area contributed by atoms with Crippen LogP contribution in [0.2, 0.25) is 0 Å². The zero-order chi connectivity index (χ0) is 26.6. The Morgan fingerprint density at radius 2 is 1.79 bits per heavy atom. The van der Waals surface area contributed by atoms with Crippen molar-refractivity contribution in [3.63, 3.8) is 0 Å². The minimum Gasteiger partial charge on any atom is -0.393 e. The van der Waals surface area contributed by atoms with Gasteiger partial charge < -0.3 is 19.1 Å². The first-order valence-electron chi connectivity index (χ1n) is 13.3. The Bertz CT molecular complexity index is 1500. The lowest BCUT2D eigenvalue weighted by atomic mass is 9.92. The van der Waals surface area contributed by atoms with Gasteiger partial charge in [-0.15, -0.1) is 0 Å². The Hall–Kier alpha value is -3.59. The van der Waals surface area contributed by atoms with Crippen LogP contribution in [0.15, 0.2) is 42.7 Å². The summed E-state index contributed by atoms with van der Waals surface area (Å²) in [6, 6.07) is 9.53. The Balaban J connectivity index is 1.51. The average molecular weight is 520 g/mol. The number of nitrogens with zero attached hydrogens (tertiary/aromatic N) is 5. The van der Waals surface area contributed by atoms with E-state index in [0.29, 0.717) is 37.8 Å². The van der Waals surface area contributed by atoms with Crippen molar-refractivity contribution in [3.05, 3.63) is 65.9 Å². The molecule has 198 valence electrons. The van der Waals surface area contributed by atoms with Gasteiger partial charge in [0.15, 0.2) is 11.6 Å². The van der Waals surface area contributed by atoms with Gasteiger partial charge in [0.1, 0.15) is 5.82 Å². The van der Waals surface area contributed by atoms with E-state index in [1.54, 1.807) is 11.2 Å². The van der Waals surface area contributed by atoms with Crippen molar-refractivity contribution in [1.29, 1.82) is 0 Å². The highest BCUT2D eigenvalue weighted by Gasteiger charge is 2.36. The van der Waals surface area contributed by atoms with Crippen molar-refractivity contribution in [2.45, 2.75) is 70.1 Å². The molecule has 0 radical (unpaired) electrons. The number of carbonyl (C=O) groups excluding carboxylic acids is 1. The zero-order valence-corrected chi connectivity index (χ0v) is 21.6. The number of piperidine rings is 1. The molecule has 38 heavy (non-hydrogen) atoms. The quantitative estimate of drug-likeness (QED) is 0.372. The first-order chi connectivity index (χ1) is 18.3. The van der Waals surface area contributed by atoms with E-state index < -0.39 is 17.7 Å². The molecule has 1 saturated heterocycles. The Kier molecular flexibility index (Phi) is 6.26. The van der Waals surface area contributed by atoms with Crippen LogP contribution in [0.25, 0.3) is 22.3 Å². The van der Waals surface area contributed by atoms with Crippen LogP contribution in [-0.4, -0.2) is 36.2 Å². The van der Waals surface area contributed by atoms with E-state index in [9.17, 15) is 18.7 Å². The summed E-state index contributed by atoms with van der Waals surface area (Å²) in [6.07, 6.45) is 6.18. The molecular weight excluding hydrogens is 488 g/mol. The number of aromatic nitrogens is 4. The smallest absolute Gasteiger partial charge is 0.227 e. The lowest BCUT2D eigenvalue weighted by molar-refractivity contribution is -0.120. The topological polar surface area (TPSA) is 76.2 Å². The number of rotatable bonds is 4. The van der Waals surface area contributed by atoms with E-state index in [4.69, 9.17) is 4.98 Å². The molecule has 1 amide bonds. The lowest BCUT2D eigenvalue weighted by Gasteiger charge is -2.37. The molecule has 2 aromatic heterocycles. The zero-order valence-electron chi connectivity index (χ0n) is 21.6. The third kappa shape index (κ3) is 4.18. The van der Waals surface area contributed by atoms with Gasteiger partial charge in [-0.3, -0.25) is 4.79 Å². The number of carbonyl (C=O) groups is 1. The molecule has 6 rings (SSSR count). The predicted molar refractivity (Wildman–Crippen MR) is 141 cm³/mol. The van der Waals surface area contributed by atoms with Crippen molar-refractivity contribution in [2.24, 2.45) is 7.05 Å². The van der Waals surface area contributed by atoms with Gasteiger partial charge in [-0.25, -0.2) is 18.7 Å². The Labute approximate surface area is 219 Å². The monoisotopic (exact) mass is 519 g/mol. The number of aliphatic hydroxyl groups is 1. The first kappa shape index (κ1) is 24.7. The van der Waals surface area contributed by atoms with E-state index in [2.05, 4.69) is 27.8 Å². The third-order valence-electron chi connectivity index (χ3n) is 8.07. The predicted octanol–water partition coefficient (Wildman–Crippen LogP) is 5.76. The number of fused-ring (bicyclic) bond motifs is 1. The van der Waals surface area contributed by atoms with Gasteiger partial charge in [0.2, 0.25) is 5.91 Å². The highest BCUT2D eigenvalue weighted by molar-refractivity contribution is 5.95. The van der Waals surface area contributed by atoms with E-state index in [-0.39, 0.29) is 18.1 Å². The molecule has 7 nitrogen and oxygen atoms in total. The van der Waals surface area contributed by atoms with Gasteiger partial charge >= 0.3 is 0 Å². The summed E-state index contributed by atoms with van der Waals surface area (Å²) in [5.74, 6) is -1.31. The highest BCUT2D eigenvalue weighted by atomic mass is 19.2. The van der Waals surface area contributed by atoms with Crippen molar-refractivity contribution < 1.29 is 18.7 Å². The standard InChI is InChI=1S/C29H31F2N5O2/c1-17-28(34(2)16-32-17)18-6-13-25-24(14-18)33-29(36(25)19-7-10-21(37)11-8-19)26-4-3-5-27(38)35(26)20-9-12-22(30)23(31)15-20/h6,9,12-16,19,21,26,37H,3-5,7-8,10-11H2,1-2H3/t19-,21-,26-/m0/s1. The number of imidazole rings is 2. The SMILES string of the molecule is Cc1ncn(C)c1-c1ccc2c(c1)nc([C@@H]1CCCC(=O)N1c1ccc(F)c(F)c1)n2[C@H]1CC[C@H](O)CC1. The summed E-state index contributed by atoms with van der Waals surface area (Å²) in [5, 5.41) is 10.2. The average Bonchev–Trinajstić information content (AvgIpc) is 3.45. The van der Waals surface area contributed by atoms with Gasteiger partial charge in [-0.2, -0.15) is 0 Å². The Morgan fingerprint density at radius 1 is 1.00 bits per heavy atom. The van der Waals surface area contributed by atoms with Gasteiger partial charge in [0.05, 0.1) is 40.9 Å². The number of aryl methyl sites for hydroxylation is 2. The second-order valence-corrected chi connectivity index (χ2v) is 10.6. The summed E-state index contributed by atoms with van der Waals surface area (Å²) in [5.41, 5.74) is 5.06. The molecule has 1 aliphatic heterocycles. The molecule has 1 atom stereocenters. The molecule has 1 saturated carbocycles. The van der Waals surface area contributed by atoms with Gasteiger partial charge in [-0.1, -0.05) is 6.07 Å². The second-order valence-electron chi connectivity index (χ2n) is 10.6. The maximum Gasteiger partial charge on any atom is 0.227 e. The van der Waals surface area contributed by atoms with Crippen molar-refractivity contribution in [3.8, 4) is 11.3 Å². The van der Waals surface area contributed by atoms with Crippen LogP contribution >= 0.6 is 0 Å². The summed E-state index contributed by atoms with van der Waals surface area (Å²) < 4.78 is 32.2. The molecular formula is C29H31F2N5O2. The van der Waals surface area contributed by atoms with Crippen LogP contribution < -0.4 is 4.90 Å². The molecule has 1 N–H and O–H groups in total. The normalized spacial score (nSPS) is 22.4. The molecule has 2 aromatic carbocycles. The summed E-state index contributed by atoms with van der Waals surface area (Å²) in [6.45, 7) is 1.98. The molecule has 2 fully saturated rings. The molecule has 3 heterocycles. The van der Waals surface area contributed by atoms with Crippen LogP contribution in [0, 0.1) is 18.6 Å².